The number of amides is 1. The molecule has 7 N–H and O–H groups in total. The van der Waals surface area contributed by atoms with Crippen LogP contribution in [0.5, 0.6) is 0 Å². The van der Waals surface area contributed by atoms with Crippen LogP contribution >= 0.6 is 34.8 Å². The summed E-state index contributed by atoms with van der Waals surface area (Å²) in [5.41, 5.74) is 0. The van der Waals surface area contributed by atoms with Gasteiger partial charge in [-0.1, -0.05) is 34.8 Å². The zero-order valence-electron chi connectivity index (χ0n) is 9.32. The van der Waals surface area contributed by atoms with Gasteiger partial charge in [-0.05, 0) is 0 Å². The van der Waals surface area contributed by atoms with Crippen molar-refractivity contribution in [3.63, 3.8) is 0 Å². The third-order valence-corrected chi connectivity index (χ3v) is 2.66. The van der Waals surface area contributed by atoms with E-state index >= 15 is 0 Å². The van der Waals surface area contributed by atoms with Crippen LogP contribution in [0, 0.1) is 0 Å². The molecule has 114 valence electrons. The molecule has 0 bridgehead atoms. The Morgan fingerprint density at radius 1 is 1.00 bits per heavy atom. The number of halogens is 3. The van der Waals surface area contributed by atoms with E-state index in [1.165, 1.54) is 0 Å². The second-order valence-corrected chi connectivity index (χ2v) is 5.92. The minimum atomic E-state index is -2.39. The highest BCUT2D eigenvalue weighted by molar-refractivity contribution is 6.76. The summed E-state index contributed by atoms with van der Waals surface area (Å²) in [5, 5.41) is 56.7. The fraction of sp³-hybridized carbons (Fsp3) is 0.875. The van der Waals surface area contributed by atoms with Gasteiger partial charge < -0.3 is 36.0 Å². The molecule has 0 aliphatic heterocycles. The lowest BCUT2D eigenvalue weighted by Crippen LogP contribution is -2.56. The molecule has 8 nitrogen and oxygen atoms in total. The van der Waals surface area contributed by atoms with Gasteiger partial charge in [-0.15, -0.1) is 0 Å². The van der Waals surface area contributed by atoms with Gasteiger partial charge in [0.25, 0.3) is 9.70 Å². The highest BCUT2D eigenvalue weighted by Gasteiger charge is 2.38. The molecule has 11 heteroatoms. The number of rotatable bonds is 6. The molecule has 0 saturated carbocycles. The van der Waals surface area contributed by atoms with Gasteiger partial charge in [-0.3, -0.25) is 4.79 Å². The minimum absolute atomic E-state index is 0.887. The molecule has 0 rings (SSSR count). The largest absolute Gasteiger partial charge is 0.394 e. The van der Waals surface area contributed by atoms with Crippen LogP contribution in [0.3, 0.4) is 0 Å². The minimum Gasteiger partial charge on any atom is -0.394 e. The number of nitrogens with one attached hydrogen (secondary N) is 1. The van der Waals surface area contributed by atoms with Crippen LogP contribution in [0.25, 0.3) is 0 Å². The molecule has 0 aromatic rings. The molecule has 0 aromatic carbocycles. The molecule has 0 spiro atoms. The quantitative estimate of drug-likeness (QED) is 0.204. The molecule has 0 aliphatic carbocycles. The Bertz CT molecular complexity index is 301. The molecule has 19 heavy (non-hydrogen) atoms. The van der Waals surface area contributed by atoms with Gasteiger partial charge in [-0.25, -0.2) is 0 Å². The summed E-state index contributed by atoms with van der Waals surface area (Å²) < 4.78 is -2.39. The standard InChI is InChI=1S/C8H14Cl3NO7/c9-8(10,11)7(19)12-6(18)5(17)4(16)3(15)2(14)1-13/h2-6,13-18H,1H2,(H,12,19)/t2-,3-,4+,5-,6?/m1/s1. The molecule has 0 radical (unpaired) electrons. The number of hydrogen-bond donors (Lipinski definition) is 7. The third-order valence-electron chi connectivity index (χ3n) is 2.14. The van der Waals surface area contributed by atoms with E-state index in [2.05, 4.69) is 0 Å². The average Bonchev–Trinajstić information content (AvgIpc) is 2.33. The van der Waals surface area contributed by atoms with Crippen molar-refractivity contribution in [1.29, 1.82) is 0 Å². The molecule has 0 saturated heterocycles. The number of aliphatic hydroxyl groups is 6. The second kappa shape index (κ2) is 7.77. The molecule has 1 amide bonds. The third kappa shape index (κ3) is 5.94. The van der Waals surface area contributed by atoms with Crippen LogP contribution in [0.1, 0.15) is 0 Å². The molecular weight excluding hydrogens is 328 g/mol. The van der Waals surface area contributed by atoms with Crippen molar-refractivity contribution in [2.75, 3.05) is 6.61 Å². The van der Waals surface area contributed by atoms with Gasteiger partial charge in [0, 0.05) is 0 Å². The number of alkyl halides is 3. The highest BCUT2D eigenvalue weighted by Crippen LogP contribution is 2.26. The monoisotopic (exact) mass is 341 g/mol. The first-order valence-corrected chi connectivity index (χ1v) is 6.04. The Balaban J connectivity index is 4.56. The van der Waals surface area contributed by atoms with Crippen molar-refractivity contribution in [3.05, 3.63) is 0 Å². The Hall–Kier alpha value is 0.1000. The predicted octanol–water partition coefficient (Wildman–Crippen LogP) is -2.77. The summed E-state index contributed by atoms with van der Waals surface area (Å²) in [6.07, 6.45) is -9.93. The smallest absolute Gasteiger partial charge is 0.274 e. The topological polar surface area (TPSA) is 150 Å². The highest BCUT2D eigenvalue weighted by atomic mass is 35.6. The molecule has 1 unspecified atom stereocenters. The van der Waals surface area contributed by atoms with Crippen LogP contribution in [-0.4, -0.2) is 77.6 Å². The zero-order chi connectivity index (χ0) is 15.4. The van der Waals surface area contributed by atoms with Crippen molar-refractivity contribution < 1.29 is 35.4 Å². The van der Waals surface area contributed by atoms with Crippen molar-refractivity contribution in [3.8, 4) is 0 Å². The maximum atomic E-state index is 11.2. The summed E-state index contributed by atoms with van der Waals surface area (Å²) in [7, 11) is 0. The van der Waals surface area contributed by atoms with Gasteiger partial charge in [0.05, 0.1) is 6.61 Å². The van der Waals surface area contributed by atoms with Crippen molar-refractivity contribution in [2.24, 2.45) is 0 Å². The number of carbonyl (C=O) groups is 1. The van der Waals surface area contributed by atoms with E-state index in [1.807, 2.05) is 0 Å². The number of hydrogen-bond acceptors (Lipinski definition) is 7. The summed E-state index contributed by atoms with van der Waals surface area (Å²) in [5.74, 6) is -1.27. The maximum absolute atomic E-state index is 11.2. The summed E-state index contributed by atoms with van der Waals surface area (Å²) in [6.45, 7) is -0.887. The summed E-state index contributed by atoms with van der Waals surface area (Å²) >= 11 is 15.6. The molecule has 0 aromatic heterocycles. The van der Waals surface area contributed by atoms with Gasteiger partial charge >= 0.3 is 0 Å². The zero-order valence-corrected chi connectivity index (χ0v) is 11.6. The Labute approximate surface area is 123 Å². The normalized spacial score (nSPS) is 20.3. The lowest BCUT2D eigenvalue weighted by molar-refractivity contribution is -0.151. The van der Waals surface area contributed by atoms with E-state index < -0.39 is 47.0 Å². The van der Waals surface area contributed by atoms with E-state index in [0.717, 1.165) is 0 Å². The van der Waals surface area contributed by atoms with Crippen molar-refractivity contribution >= 4 is 40.7 Å². The Morgan fingerprint density at radius 3 is 1.84 bits per heavy atom. The number of carbonyl (C=O) groups excluding carboxylic acids is 1. The molecule has 5 atom stereocenters. The van der Waals surface area contributed by atoms with Crippen LogP contribution in [-0.2, 0) is 4.79 Å². The number of aliphatic hydroxyl groups excluding tert-OH is 6. The van der Waals surface area contributed by atoms with Crippen molar-refractivity contribution in [2.45, 2.75) is 34.4 Å². The first kappa shape index (κ1) is 19.1. The summed E-state index contributed by atoms with van der Waals surface area (Å²) in [6, 6.07) is 0. The fourth-order valence-corrected chi connectivity index (χ4v) is 1.19. The Kier molecular flexibility index (Phi) is 7.81. The SMILES string of the molecule is O=C(NC(O)[C@H](O)[C@@H](O)[C@H](O)[C@H](O)CO)C(Cl)(Cl)Cl. The van der Waals surface area contributed by atoms with E-state index in [1.54, 1.807) is 5.32 Å². The van der Waals surface area contributed by atoms with Gasteiger partial charge in [0.1, 0.15) is 24.4 Å². The second-order valence-electron chi connectivity index (χ2n) is 3.64. The van der Waals surface area contributed by atoms with Crippen LogP contribution < -0.4 is 5.32 Å². The van der Waals surface area contributed by atoms with Crippen LogP contribution in [0.4, 0.5) is 0 Å². The van der Waals surface area contributed by atoms with Crippen LogP contribution in [0.15, 0.2) is 0 Å². The molecule has 0 heterocycles. The lowest BCUT2D eigenvalue weighted by Gasteiger charge is -2.29. The van der Waals surface area contributed by atoms with E-state index in [-0.39, 0.29) is 0 Å². The van der Waals surface area contributed by atoms with Gasteiger partial charge in [-0.2, -0.15) is 0 Å². The molecule has 0 fully saturated rings. The summed E-state index contributed by atoms with van der Waals surface area (Å²) in [4.78, 5) is 11.2. The van der Waals surface area contributed by atoms with E-state index in [9.17, 15) is 25.2 Å². The van der Waals surface area contributed by atoms with Crippen molar-refractivity contribution in [1.82, 2.24) is 5.32 Å². The first-order chi connectivity index (χ1) is 8.52. The van der Waals surface area contributed by atoms with Crippen LogP contribution in [0.2, 0.25) is 0 Å². The Morgan fingerprint density at radius 2 is 1.47 bits per heavy atom. The predicted molar refractivity (Wildman–Crippen MR) is 65.6 cm³/mol. The molecular formula is C8H14Cl3NO7. The average molecular weight is 343 g/mol. The van der Waals surface area contributed by atoms with E-state index in [0.29, 0.717) is 0 Å². The maximum Gasteiger partial charge on any atom is 0.274 e. The lowest BCUT2D eigenvalue weighted by atomic mass is 10.0. The molecule has 0 aliphatic rings. The van der Waals surface area contributed by atoms with Gasteiger partial charge in [0.2, 0.25) is 0 Å². The van der Waals surface area contributed by atoms with E-state index in [4.69, 9.17) is 45.0 Å². The fourth-order valence-electron chi connectivity index (χ4n) is 1.03. The first-order valence-electron chi connectivity index (χ1n) is 4.91. The van der Waals surface area contributed by atoms with Gasteiger partial charge in [0.15, 0.2) is 6.23 Å².